The lowest BCUT2D eigenvalue weighted by molar-refractivity contribution is -0.119. The van der Waals surface area contributed by atoms with Gasteiger partial charge in [-0.15, -0.1) is 0 Å². The maximum absolute atomic E-state index is 13.3. The Hall–Kier alpha value is -3.36. The molecule has 1 aliphatic heterocycles. The lowest BCUT2D eigenvalue weighted by atomic mass is 10.1. The minimum atomic E-state index is -4.01. The van der Waals surface area contributed by atoms with Crippen LogP contribution < -0.4 is 9.62 Å². The molecule has 0 bridgehead atoms. The van der Waals surface area contributed by atoms with Gasteiger partial charge in [-0.3, -0.25) is 9.10 Å². The van der Waals surface area contributed by atoms with Crippen LogP contribution in [-0.4, -0.2) is 33.4 Å². The van der Waals surface area contributed by atoms with Crippen LogP contribution in [0.4, 0.5) is 11.4 Å². The van der Waals surface area contributed by atoms with Crippen molar-refractivity contribution in [3.05, 3.63) is 87.9 Å². The van der Waals surface area contributed by atoms with Crippen molar-refractivity contribution in [2.45, 2.75) is 25.2 Å². The van der Waals surface area contributed by atoms with Crippen LogP contribution in [0, 0.1) is 13.8 Å². The zero-order valence-electron chi connectivity index (χ0n) is 18.7. The number of hydrogen-bond acceptors (Lipinski definition) is 5. The van der Waals surface area contributed by atoms with Crippen molar-refractivity contribution in [3.8, 4) is 0 Å². The molecule has 0 saturated heterocycles. The molecule has 0 unspecified atom stereocenters. The Morgan fingerprint density at radius 3 is 2.62 bits per heavy atom. The number of amides is 1. The molecule has 176 valence electrons. The predicted molar refractivity (Wildman–Crippen MR) is 131 cm³/mol. The average Bonchev–Trinajstić information content (AvgIpc) is 3.25. The first kappa shape index (κ1) is 23.8. The number of sulfonamides is 1. The molecule has 3 aromatic rings. The standard InChI is InChI=1S/C25H23ClN2O5S/c1-16-7-8-17(2)21(13-16)27-24(29)15-33-25(30)19-9-10-20(26)23(14-19)34(31,32)28-12-11-18-5-3-4-6-22(18)28/h3-10,13-14H,11-12,15H2,1-2H3,(H,27,29). The summed E-state index contributed by atoms with van der Waals surface area (Å²) in [6, 6.07) is 16.8. The lowest BCUT2D eigenvalue weighted by Gasteiger charge is -2.20. The third kappa shape index (κ3) is 4.78. The molecular formula is C25H23ClN2O5S. The molecule has 0 aliphatic carbocycles. The molecular weight excluding hydrogens is 476 g/mol. The minimum absolute atomic E-state index is 0.00593. The van der Waals surface area contributed by atoms with Crippen molar-refractivity contribution in [2.24, 2.45) is 0 Å². The molecule has 7 nitrogen and oxygen atoms in total. The van der Waals surface area contributed by atoms with E-state index in [9.17, 15) is 18.0 Å². The molecule has 1 amide bonds. The molecule has 0 spiro atoms. The van der Waals surface area contributed by atoms with E-state index in [0.717, 1.165) is 16.7 Å². The van der Waals surface area contributed by atoms with Gasteiger partial charge < -0.3 is 10.1 Å². The van der Waals surface area contributed by atoms with Crippen molar-refractivity contribution < 1.29 is 22.7 Å². The Morgan fingerprint density at radius 2 is 1.82 bits per heavy atom. The summed E-state index contributed by atoms with van der Waals surface area (Å²) < 4.78 is 33.1. The molecule has 0 fully saturated rings. The summed E-state index contributed by atoms with van der Waals surface area (Å²) in [5.41, 5.74) is 3.99. The summed E-state index contributed by atoms with van der Waals surface area (Å²) in [6.45, 7) is 3.53. The first-order valence-corrected chi connectivity index (χ1v) is 12.4. The summed E-state index contributed by atoms with van der Waals surface area (Å²) in [5, 5.41) is 2.70. The van der Waals surface area contributed by atoms with E-state index >= 15 is 0 Å². The number of anilines is 2. The summed E-state index contributed by atoms with van der Waals surface area (Å²) in [5.74, 6) is -1.33. The van der Waals surface area contributed by atoms with E-state index in [2.05, 4.69) is 5.32 Å². The molecule has 1 aliphatic rings. The van der Waals surface area contributed by atoms with Gasteiger partial charge in [0.05, 0.1) is 16.3 Å². The van der Waals surface area contributed by atoms with Crippen molar-refractivity contribution in [2.75, 3.05) is 22.8 Å². The van der Waals surface area contributed by atoms with E-state index in [4.69, 9.17) is 16.3 Å². The Labute approximate surface area is 203 Å². The Kier molecular flexibility index (Phi) is 6.63. The third-order valence-electron chi connectivity index (χ3n) is 5.58. The van der Waals surface area contributed by atoms with Crippen LogP contribution >= 0.6 is 11.6 Å². The van der Waals surface area contributed by atoms with Crippen LogP contribution in [0.1, 0.15) is 27.0 Å². The first-order chi connectivity index (χ1) is 16.2. The first-order valence-electron chi connectivity index (χ1n) is 10.6. The van der Waals surface area contributed by atoms with Crippen LogP contribution in [0.5, 0.6) is 0 Å². The fraction of sp³-hybridized carbons (Fsp3) is 0.200. The van der Waals surface area contributed by atoms with Gasteiger partial charge in [0.15, 0.2) is 6.61 Å². The molecule has 4 rings (SSSR count). The van der Waals surface area contributed by atoms with E-state index in [1.54, 1.807) is 12.1 Å². The number of carbonyl (C=O) groups excluding carboxylic acids is 2. The molecule has 0 saturated carbocycles. The highest BCUT2D eigenvalue weighted by Crippen LogP contribution is 2.35. The normalized spacial score (nSPS) is 12.9. The monoisotopic (exact) mass is 498 g/mol. The number of hydrogen-bond donors (Lipinski definition) is 1. The molecule has 9 heteroatoms. The van der Waals surface area contributed by atoms with Gasteiger partial charge in [-0.2, -0.15) is 0 Å². The summed E-state index contributed by atoms with van der Waals surface area (Å²) in [7, 11) is -4.01. The molecule has 1 heterocycles. The van der Waals surface area contributed by atoms with Gasteiger partial charge >= 0.3 is 5.97 Å². The number of aryl methyl sites for hydroxylation is 2. The smallest absolute Gasteiger partial charge is 0.338 e. The summed E-state index contributed by atoms with van der Waals surface area (Å²) in [4.78, 5) is 24.7. The van der Waals surface area contributed by atoms with E-state index in [1.165, 1.54) is 22.5 Å². The van der Waals surface area contributed by atoms with E-state index in [1.807, 2.05) is 44.2 Å². The topological polar surface area (TPSA) is 92.8 Å². The zero-order chi connectivity index (χ0) is 24.5. The molecule has 0 radical (unpaired) electrons. The van der Waals surface area contributed by atoms with Gasteiger partial charge in [0.1, 0.15) is 4.90 Å². The number of benzene rings is 3. The predicted octanol–water partition coefficient (Wildman–Crippen LogP) is 4.50. The zero-order valence-corrected chi connectivity index (χ0v) is 20.2. The highest BCUT2D eigenvalue weighted by atomic mass is 35.5. The van der Waals surface area contributed by atoms with Crippen LogP contribution in [0.2, 0.25) is 5.02 Å². The SMILES string of the molecule is Cc1ccc(C)c(NC(=O)COC(=O)c2ccc(Cl)c(S(=O)(=O)N3CCc4ccccc43)c2)c1. The van der Waals surface area contributed by atoms with E-state index < -0.39 is 28.5 Å². The van der Waals surface area contributed by atoms with Gasteiger partial charge in [0, 0.05) is 12.2 Å². The fourth-order valence-corrected chi connectivity index (χ4v) is 5.78. The second-order valence-corrected chi connectivity index (χ2v) is 10.3. The third-order valence-corrected chi connectivity index (χ3v) is 7.88. The molecule has 1 N–H and O–H groups in total. The highest BCUT2D eigenvalue weighted by Gasteiger charge is 2.32. The van der Waals surface area contributed by atoms with E-state index in [-0.39, 0.29) is 22.0 Å². The van der Waals surface area contributed by atoms with Gasteiger partial charge in [-0.05, 0) is 67.3 Å². The number of fused-ring (bicyclic) bond motifs is 1. The molecule has 3 aromatic carbocycles. The quantitative estimate of drug-likeness (QED) is 0.505. The van der Waals surface area contributed by atoms with Crippen molar-refractivity contribution >= 4 is 44.9 Å². The van der Waals surface area contributed by atoms with Crippen LogP contribution in [0.3, 0.4) is 0 Å². The molecule has 0 atom stereocenters. The number of carbonyl (C=O) groups is 2. The van der Waals surface area contributed by atoms with E-state index in [0.29, 0.717) is 17.8 Å². The van der Waals surface area contributed by atoms with Crippen LogP contribution in [-0.2, 0) is 26.0 Å². The van der Waals surface area contributed by atoms with Crippen molar-refractivity contribution in [1.29, 1.82) is 0 Å². The van der Waals surface area contributed by atoms with Crippen molar-refractivity contribution in [1.82, 2.24) is 0 Å². The highest BCUT2D eigenvalue weighted by molar-refractivity contribution is 7.93. The Morgan fingerprint density at radius 1 is 1.06 bits per heavy atom. The maximum Gasteiger partial charge on any atom is 0.338 e. The van der Waals surface area contributed by atoms with Gasteiger partial charge in [-0.1, -0.05) is 41.9 Å². The van der Waals surface area contributed by atoms with Crippen LogP contribution in [0.25, 0.3) is 0 Å². The number of nitrogens with zero attached hydrogens (tertiary/aromatic N) is 1. The molecule has 34 heavy (non-hydrogen) atoms. The Balaban J connectivity index is 1.49. The van der Waals surface area contributed by atoms with Gasteiger partial charge in [-0.25, -0.2) is 13.2 Å². The number of nitrogens with one attached hydrogen (secondary N) is 1. The number of ether oxygens (including phenoxy) is 1. The van der Waals surface area contributed by atoms with Gasteiger partial charge in [0.2, 0.25) is 0 Å². The Bertz CT molecular complexity index is 1390. The second kappa shape index (κ2) is 9.48. The number of rotatable bonds is 6. The minimum Gasteiger partial charge on any atom is -0.452 e. The second-order valence-electron chi connectivity index (χ2n) is 8.04. The van der Waals surface area contributed by atoms with Gasteiger partial charge in [0.25, 0.3) is 15.9 Å². The van der Waals surface area contributed by atoms with Crippen LogP contribution in [0.15, 0.2) is 65.6 Å². The number of para-hydroxylation sites is 1. The molecule has 0 aromatic heterocycles. The maximum atomic E-state index is 13.3. The summed E-state index contributed by atoms with van der Waals surface area (Å²) >= 11 is 6.21. The summed E-state index contributed by atoms with van der Waals surface area (Å²) in [6.07, 6.45) is 0.588. The number of halogens is 1. The largest absolute Gasteiger partial charge is 0.452 e. The fourth-order valence-electron chi connectivity index (χ4n) is 3.78. The number of esters is 1. The average molecular weight is 499 g/mol. The lowest BCUT2D eigenvalue weighted by Crippen LogP contribution is -2.29. The van der Waals surface area contributed by atoms with Crippen molar-refractivity contribution in [3.63, 3.8) is 0 Å².